The molecule has 48 valence electrons. The first-order chi connectivity index (χ1) is 4.20. The van der Waals surface area contributed by atoms with Gasteiger partial charge in [-0.05, 0) is 28.1 Å². The molecule has 1 rings (SSSR count). The van der Waals surface area contributed by atoms with Crippen LogP contribution in [0.2, 0.25) is 0 Å². The van der Waals surface area contributed by atoms with Gasteiger partial charge >= 0.3 is 0 Å². The highest BCUT2D eigenvalue weighted by Gasteiger charge is 1.99. The third-order valence-corrected chi connectivity index (χ3v) is 1.26. The fourth-order valence-corrected chi connectivity index (χ4v) is 0.766. The molecule has 0 atom stereocenters. The number of rotatable bonds is 1. The van der Waals surface area contributed by atoms with Crippen molar-refractivity contribution >= 4 is 21.8 Å². The maximum Gasteiger partial charge on any atom is 0.170 e. The lowest BCUT2D eigenvalue weighted by atomic mass is 10.4. The van der Waals surface area contributed by atoms with E-state index in [4.69, 9.17) is 15.6 Å². The molecule has 1 heterocycles. The van der Waals surface area contributed by atoms with Crippen molar-refractivity contribution in [3.05, 3.63) is 22.6 Å². The molecule has 3 N–H and O–H groups in total. The molecule has 1 aromatic heterocycles. The molecule has 0 saturated carbocycles. The normalized spacial score (nSPS) is 9.44. The van der Waals surface area contributed by atoms with Crippen LogP contribution in [0.3, 0.4) is 0 Å². The van der Waals surface area contributed by atoms with Crippen molar-refractivity contribution in [2.45, 2.75) is 0 Å². The van der Waals surface area contributed by atoms with E-state index >= 15 is 0 Å². The van der Waals surface area contributed by atoms with Crippen molar-refractivity contribution in [1.29, 1.82) is 5.41 Å². The molecule has 0 spiro atoms. The lowest BCUT2D eigenvalue weighted by molar-refractivity contribution is 0.531. The van der Waals surface area contributed by atoms with Gasteiger partial charge in [-0.15, -0.1) is 0 Å². The summed E-state index contributed by atoms with van der Waals surface area (Å²) >= 11 is 3.08. The first kappa shape index (κ1) is 6.35. The minimum Gasteiger partial charge on any atom is -0.446 e. The van der Waals surface area contributed by atoms with Gasteiger partial charge in [0, 0.05) is 0 Å². The van der Waals surface area contributed by atoms with Crippen LogP contribution < -0.4 is 5.73 Å². The Balaban J connectivity index is 2.98. The summed E-state index contributed by atoms with van der Waals surface area (Å²) in [6.07, 6.45) is 0. The van der Waals surface area contributed by atoms with Crippen molar-refractivity contribution < 1.29 is 4.42 Å². The fourth-order valence-electron chi connectivity index (χ4n) is 0.459. The van der Waals surface area contributed by atoms with Gasteiger partial charge in [0.2, 0.25) is 0 Å². The van der Waals surface area contributed by atoms with E-state index in [1.165, 1.54) is 0 Å². The van der Waals surface area contributed by atoms with Crippen LogP contribution in [0.4, 0.5) is 0 Å². The first-order valence-corrected chi connectivity index (χ1v) is 3.09. The molecule has 0 aliphatic heterocycles. The zero-order valence-electron chi connectivity index (χ0n) is 4.52. The third-order valence-electron chi connectivity index (χ3n) is 0.839. The van der Waals surface area contributed by atoms with Crippen LogP contribution in [-0.2, 0) is 0 Å². The molecule has 0 aliphatic rings. The summed E-state index contributed by atoms with van der Waals surface area (Å²) in [6, 6.07) is 3.32. The van der Waals surface area contributed by atoms with Gasteiger partial charge < -0.3 is 10.2 Å². The topological polar surface area (TPSA) is 63.0 Å². The lowest BCUT2D eigenvalue weighted by Gasteiger charge is -1.86. The van der Waals surface area contributed by atoms with Gasteiger partial charge in [-0.1, -0.05) is 0 Å². The Bertz CT molecular complexity index is 231. The monoisotopic (exact) mass is 188 g/mol. The number of furan rings is 1. The van der Waals surface area contributed by atoms with E-state index in [2.05, 4.69) is 15.9 Å². The number of nitrogen functional groups attached to an aromatic ring is 1. The second-order valence-electron chi connectivity index (χ2n) is 1.52. The van der Waals surface area contributed by atoms with Crippen LogP contribution in [-0.4, -0.2) is 5.84 Å². The van der Waals surface area contributed by atoms with E-state index in [0.717, 1.165) is 0 Å². The molecular formula is C5H5BrN2O. The summed E-state index contributed by atoms with van der Waals surface area (Å²) in [7, 11) is 0. The zero-order valence-corrected chi connectivity index (χ0v) is 6.10. The quantitative estimate of drug-likeness (QED) is 0.516. The zero-order chi connectivity index (χ0) is 6.85. The average Bonchev–Trinajstić information content (AvgIpc) is 2.14. The second-order valence-corrected chi connectivity index (χ2v) is 2.30. The van der Waals surface area contributed by atoms with Crippen molar-refractivity contribution in [2.24, 2.45) is 5.73 Å². The SMILES string of the molecule is N=C(N)c1ccc(Br)o1. The molecular weight excluding hydrogens is 184 g/mol. The van der Waals surface area contributed by atoms with Gasteiger partial charge in [0.15, 0.2) is 16.3 Å². The van der Waals surface area contributed by atoms with Crippen LogP contribution in [0.15, 0.2) is 21.2 Å². The largest absolute Gasteiger partial charge is 0.446 e. The Morgan fingerprint density at radius 3 is 2.56 bits per heavy atom. The maximum absolute atomic E-state index is 6.91. The third kappa shape index (κ3) is 1.32. The van der Waals surface area contributed by atoms with E-state index in [1.54, 1.807) is 12.1 Å². The molecule has 0 aliphatic carbocycles. The highest BCUT2D eigenvalue weighted by Crippen LogP contribution is 2.12. The van der Waals surface area contributed by atoms with Crippen LogP contribution in [0.1, 0.15) is 5.76 Å². The van der Waals surface area contributed by atoms with Gasteiger partial charge in [-0.2, -0.15) is 0 Å². The fraction of sp³-hybridized carbons (Fsp3) is 0. The highest BCUT2D eigenvalue weighted by molar-refractivity contribution is 9.10. The van der Waals surface area contributed by atoms with E-state index < -0.39 is 0 Å². The standard InChI is InChI=1S/C5H5BrN2O/c6-4-2-1-3(9-4)5(7)8/h1-2H,(H3,7,8). The Morgan fingerprint density at radius 1 is 1.67 bits per heavy atom. The van der Waals surface area contributed by atoms with E-state index in [0.29, 0.717) is 10.4 Å². The van der Waals surface area contributed by atoms with Crippen molar-refractivity contribution in [3.8, 4) is 0 Å². The van der Waals surface area contributed by atoms with E-state index in [1.807, 2.05) is 0 Å². The molecule has 0 aromatic carbocycles. The molecule has 0 bridgehead atoms. The summed E-state index contributed by atoms with van der Waals surface area (Å²) in [5.41, 5.74) is 5.10. The molecule has 0 radical (unpaired) electrons. The summed E-state index contributed by atoms with van der Waals surface area (Å²) in [6.45, 7) is 0. The number of amidine groups is 1. The van der Waals surface area contributed by atoms with Crippen LogP contribution in [0.25, 0.3) is 0 Å². The summed E-state index contributed by atoms with van der Waals surface area (Å²) < 4.78 is 5.50. The van der Waals surface area contributed by atoms with Crippen molar-refractivity contribution in [1.82, 2.24) is 0 Å². The molecule has 1 aromatic rings. The van der Waals surface area contributed by atoms with Crippen LogP contribution >= 0.6 is 15.9 Å². The highest BCUT2D eigenvalue weighted by atomic mass is 79.9. The van der Waals surface area contributed by atoms with Gasteiger partial charge in [-0.25, -0.2) is 0 Å². The molecule has 3 nitrogen and oxygen atoms in total. The second kappa shape index (κ2) is 2.23. The number of halogens is 1. The number of hydrogen-bond acceptors (Lipinski definition) is 2. The first-order valence-electron chi connectivity index (χ1n) is 2.30. The minimum atomic E-state index is -0.0549. The van der Waals surface area contributed by atoms with E-state index in [-0.39, 0.29) is 5.84 Å². The number of nitrogens with one attached hydrogen (secondary N) is 1. The van der Waals surface area contributed by atoms with E-state index in [9.17, 15) is 0 Å². The van der Waals surface area contributed by atoms with Crippen LogP contribution in [0, 0.1) is 5.41 Å². The summed E-state index contributed by atoms with van der Waals surface area (Å²) in [5, 5.41) is 6.91. The molecule has 0 unspecified atom stereocenters. The minimum absolute atomic E-state index is 0.0549. The molecule has 9 heavy (non-hydrogen) atoms. The Kier molecular flexibility index (Phi) is 1.57. The van der Waals surface area contributed by atoms with Crippen LogP contribution in [0.5, 0.6) is 0 Å². The summed E-state index contributed by atoms with van der Waals surface area (Å²) in [5.74, 6) is 0.336. The number of hydrogen-bond donors (Lipinski definition) is 2. The molecule has 4 heteroatoms. The number of nitrogens with two attached hydrogens (primary N) is 1. The molecule has 0 amide bonds. The van der Waals surface area contributed by atoms with Gasteiger partial charge in [-0.3, -0.25) is 5.41 Å². The predicted molar refractivity (Wildman–Crippen MR) is 37.4 cm³/mol. The molecule has 0 fully saturated rings. The van der Waals surface area contributed by atoms with Gasteiger partial charge in [0.25, 0.3) is 0 Å². The molecule has 0 saturated heterocycles. The predicted octanol–water partition coefficient (Wildman–Crippen LogP) is 1.33. The Labute approximate surface area is 60.5 Å². The van der Waals surface area contributed by atoms with Crippen molar-refractivity contribution in [3.63, 3.8) is 0 Å². The van der Waals surface area contributed by atoms with Crippen molar-refractivity contribution in [2.75, 3.05) is 0 Å². The van der Waals surface area contributed by atoms with Gasteiger partial charge in [0.1, 0.15) is 0 Å². The summed E-state index contributed by atoms with van der Waals surface area (Å²) in [4.78, 5) is 0. The Hall–Kier alpha value is -0.770. The average molecular weight is 189 g/mol. The maximum atomic E-state index is 6.91. The van der Waals surface area contributed by atoms with Gasteiger partial charge in [0.05, 0.1) is 0 Å². The smallest absolute Gasteiger partial charge is 0.170 e. The Morgan fingerprint density at radius 2 is 2.33 bits per heavy atom. The lowest BCUT2D eigenvalue weighted by Crippen LogP contribution is -2.09.